The van der Waals surface area contributed by atoms with Crippen molar-refractivity contribution in [3.63, 3.8) is 0 Å². The number of fused-ring (bicyclic) bond motifs is 1. The van der Waals surface area contributed by atoms with E-state index >= 15 is 0 Å². The fourth-order valence-electron chi connectivity index (χ4n) is 3.20. The first-order valence-electron chi connectivity index (χ1n) is 9.00. The summed E-state index contributed by atoms with van der Waals surface area (Å²) in [6.07, 6.45) is 1.10. The van der Waals surface area contributed by atoms with Crippen LogP contribution in [0, 0.1) is 0 Å². The van der Waals surface area contributed by atoms with Crippen molar-refractivity contribution >= 4 is 17.2 Å². The third-order valence-corrected chi connectivity index (χ3v) is 5.77. The minimum absolute atomic E-state index is 0.0913. The van der Waals surface area contributed by atoms with Crippen molar-refractivity contribution in [3.8, 4) is 11.5 Å². The molecule has 6 heteroatoms. The predicted molar refractivity (Wildman–Crippen MR) is 104 cm³/mol. The maximum absolute atomic E-state index is 12.5. The van der Waals surface area contributed by atoms with Gasteiger partial charge in [-0.2, -0.15) is 0 Å². The summed E-state index contributed by atoms with van der Waals surface area (Å²) in [7, 11) is 1.58. The number of nitrogens with zero attached hydrogens (tertiary/aromatic N) is 1. The molecule has 140 valence electrons. The van der Waals surface area contributed by atoms with Gasteiger partial charge in [0.05, 0.1) is 13.7 Å². The Morgan fingerprint density at radius 1 is 1.35 bits per heavy atom. The lowest BCUT2D eigenvalue weighted by atomic mass is 10.1. The molecule has 0 fully saturated rings. The second-order valence-corrected chi connectivity index (χ2v) is 7.45. The van der Waals surface area contributed by atoms with Crippen molar-refractivity contribution in [2.75, 3.05) is 26.8 Å². The highest BCUT2D eigenvalue weighted by molar-refractivity contribution is 7.10. The van der Waals surface area contributed by atoms with Gasteiger partial charge in [0.1, 0.15) is 0 Å². The van der Waals surface area contributed by atoms with Crippen LogP contribution in [0.3, 0.4) is 0 Å². The normalized spacial score (nSPS) is 15.2. The molecule has 0 radical (unpaired) electrons. The van der Waals surface area contributed by atoms with Crippen LogP contribution in [0.1, 0.15) is 34.6 Å². The van der Waals surface area contributed by atoms with E-state index in [4.69, 9.17) is 9.47 Å². The van der Waals surface area contributed by atoms with Gasteiger partial charge in [0.25, 0.3) is 5.91 Å². The van der Waals surface area contributed by atoms with E-state index in [9.17, 15) is 4.79 Å². The predicted octanol–water partition coefficient (Wildman–Crippen LogP) is 3.33. The largest absolute Gasteiger partial charge is 0.493 e. The lowest BCUT2D eigenvalue weighted by molar-refractivity contribution is 0.0932. The molecule has 3 rings (SSSR count). The van der Waals surface area contributed by atoms with Crippen molar-refractivity contribution in [2.45, 2.75) is 32.9 Å². The molecule has 0 aliphatic carbocycles. The third-order valence-electron chi connectivity index (χ3n) is 4.74. The Bertz CT molecular complexity index is 759. The van der Waals surface area contributed by atoms with E-state index in [1.807, 2.05) is 18.3 Å². The monoisotopic (exact) mass is 374 g/mol. The van der Waals surface area contributed by atoms with Gasteiger partial charge in [-0.1, -0.05) is 0 Å². The maximum Gasteiger partial charge on any atom is 0.251 e. The Morgan fingerprint density at radius 2 is 2.19 bits per heavy atom. The lowest BCUT2D eigenvalue weighted by Gasteiger charge is -2.32. The van der Waals surface area contributed by atoms with Crippen molar-refractivity contribution in [1.82, 2.24) is 10.2 Å². The number of benzene rings is 1. The van der Waals surface area contributed by atoms with Gasteiger partial charge in [0, 0.05) is 36.1 Å². The van der Waals surface area contributed by atoms with Gasteiger partial charge in [-0.05, 0) is 55.5 Å². The Morgan fingerprint density at radius 3 is 2.96 bits per heavy atom. The van der Waals surface area contributed by atoms with Crippen LogP contribution in [0.4, 0.5) is 0 Å². The van der Waals surface area contributed by atoms with Crippen LogP contribution in [-0.4, -0.2) is 43.7 Å². The quantitative estimate of drug-likeness (QED) is 0.808. The SMILES string of the molecule is CCOc1ccc(C(=O)NCC(C)N2CCc3sccc3C2)cc1OC. The molecule has 2 aromatic rings. The summed E-state index contributed by atoms with van der Waals surface area (Å²) < 4.78 is 10.8. The average Bonchev–Trinajstić information content (AvgIpc) is 3.14. The summed E-state index contributed by atoms with van der Waals surface area (Å²) >= 11 is 1.84. The first-order chi connectivity index (χ1) is 12.6. The molecule has 1 aromatic carbocycles. The summed E-state index contributed by atoms with van der Waals surface area (Å²) in [5.41, 5.74) is 2.01. The standard InChI is InChI=1S/C20H26N2O3S/c1-4-25-17-6-5-15(11-18(17)24-3)20(23)21-12-14(2)22-9-7-19-16(13-22)8-10-26-19/h5-6,8,10-11,14H,4,7,9,12-13H2,1-3H3,(H,21,23). The summed E-state index contributed by atoms with van der Waals surface area (Å²) in [6.45, 7) is 7.26. The molecule has 0 saturated heterocycles. The molecule has 2 heterocycles. The number of rotatable bonds is 7. The van der Waals surface area contributed by atoms with Gasteiger partial charge in [-0.15, -0.1) is 11.3 Å². The molecule has 1 aliphatic rings. The van der Waals surface area contributed by atoms with Crippen molar-refractivity contribution in [2.24, 2.45) is 0 Å². The average molecular weight is 375 g/mol. The molecule has 1 aliphatic heterocycles. The van der Waals surface area contributed by atoms with E-state index in [0.717, 1.165) is 19.5 Å². The number of methoxy groups -OCH3 is 1. The van der Waals surface area contributed by atoms with Crippen LogP contribution in [0.15, 0.2) is 29.6 Å². The van der Waals surface area contributed by atoms with Crippen LogP contribution < -0.4 is 14.8 Å². The van der Waals surface area contributed by atoms with Gasteiger partial charge in [0.2, 0.25) is 0 Å². The van der Waals surface area contributed by atoms with Crippen molar-refractivity contribution < 1.29 is 14.3 Å². The summed E-state index contributed by atoms with van der Waals surface area (Å²) in [5.74, 6) is 1.14. The molecule has 26 heavy (non-hydrogen) atoms. The molecular formula is C20H26N2O3S. The number of amides is 1. The molecule has 1 amide bonds. The number of nitrogens with one attached hydrogen (secondary N) is 1. The number of carbonyl (C=O) groups excluding carboxylic acids is 1. The number of thiophene rings is 1. The maximum atomic E-state index is 12.5. The zero-order valence-corrected chi connectivity index (χ0v) is 16.4. The molecule has 0 bridgehead atoms. The second kappa shape index (κ2) is 8.56. The Labute approximate surface area is 158 Å². The van der Waals surface area contributed by atoms with Gasteiger partial charge in [0.15, 0.2) is 11.5 Å². The van der Waals surface area contributed by atoms with Gasteiger partial charge in [-0.3, -0.25) is 9.69 Å². The smallest absolute Gasteiger partial charge is 0.251 e. The van der Waals surface area contributed by atoms with Crippen LogP contribution >= 0.6 is 11.3 Å². The number of hydrogen-bond acceptors (Lipinski definition) is 5. The van der Waals surface area contributed by atoms with E-state index < -0.39 is 0 Å². The van der Waals surface area contributed by atoms with Crippen LogP contribution in [0.5, 0.6) is 11.5 Å². The van der Waals surface area contributed by atoms with Crippen LogP contribution in [0.2, 0.25) is 0 Å². The number of hydrogen-bond donors (Lipinski definition) is 1. The number of carbonyl (C=O) groups is 1. The number of ether oxygens (including phenoxy) is 2. The minimum Gasteiger partial charge on any atom is -0.493 e. The first kappa shape index (κ1) is 18.7. The van der Waals surface area contributed by atoms with E-state index in [0.29, 0.717) is 30.2 Å². The topological polar surface area (TPSA) is 50.8 Å². The first-order valence-corrected chi connectivity index (χ1v) is 9.88. The fourth-order valence-corrected chi connectivity index (χ4v) is 4.09. The van der Waals surface area contributed by atoms with E-state index in [2.05, 4.69) is 28.6 Å². The summed E-state index contributed by atoms with van der Waals surface area (Å²) in [6, 6.07) is 7.78. The highest BCUT2D eigenvalue weighted by atomic mass is 32.1. The molecule has 5 nitrogen and oxygen atoms in total. The van der Waals surface area contributed by atoms with Crippen LogP contribution in [0.25, 0.3) is 0 Å². The third kappa shape index (κ3) is 4.19. The highest BCUT2D eigenvalue weighted by Gasteiger charge is 2.22. The molecule has 1 N–H and O–H groups in total. The van der Waals surface area contributed by atoms with Gasteiger partial charge < -0.3 is 14.8 Å². The van der Waals surface area contributed by atoms with E-state index in [1.165, 1.54) is 10.4 Å². The molecule has 1 atom stereocenters. The fraction of sp³-hybridized carbons (Fsp3) is 0.450. The zero-order chi connectivity index (χ0) is 18.5. The van der Waals surface area contributed by atoms with E-state index in [-0.39, 0.29) is 11.9 Å². The Hall–Kier alpha value is -2.05. The molecule has 0 spiro atoms. The van der Waals surface area contributed by atoms with Gasteiger partial charge in [-0.25, -0.2) is 0 Å². The summed E-state index contributed by atoms with van der Waals surface area (Å²) in [4.78, 5) is 16.4. The summed E-state index contributed by atoms with van der Waals surface area (Å²) in [5, 5.41) is 5.21. The van der Waals surface area contributed by atoms with Crippen molar-refractivity contribution in [1.29, 1.82) is 0 Å². The van der Waals surface area contributed by atoms with E-state index in [1.54, 1.807) is 25.3 Å². The zero-order valence-electron chi connectivity index (χ0n) is 15.6. The Balaban J connectivity index is 1.57. The minimum atomic E-state index is -0.0913. The van der Waals surface area contributed by atoms with Crippen LogP contribution in [-0.2, 0) is 13.0 Å². The molecule has 0 saturated carbocycles. The van der Waals surface area contributed by atoms with Crippen molar-refractivity contribution in [3.05, 3.63) is 45.6 Å². The molecule has 1 aromatic heterocycles. The lowest BCUT2D eigenvalue weighted by Crippen LogP contribution is -2.44. The second-order valence-electron chi connectivity index (χ2n) is 6.45. The highest BCUT2D eigenvalue weighted by Crippen LogP contribution is 2.28. The van der Waals surface area contributed by atoms with Gasteiger partial charge >= 0.3 is 0 Å². The molecule has 1 unspecified atom stereocenters. The molecular weight excluding hydrogens is 348 g/mol. The Kier molecular flexibility index (Phi) is 6.16.